The monoisotopic (exact) mass is 152 g/mol. The van der Waals surface area contributed by atoms with Crippen LogP contribution in [0.4, 0.5) is 0 Å². The Morgan fingerprint density at radius 2 is 1.88 bits per heavy atom. The summed E-state index contributed by atoms with van der Waals surface area (Å²) in [4.78, 5) is -0.300. The number of rotatable bonds is 1. The highest BCUT2D eigenvalue weighted by Crippen LogP contribution is 2.17. The van der Waals surface area contributed by atoms with Gasteiger partial charge in [0, 0.05) is 5.03 Å². The molecule has 0 heterocycles. The lowest BCUT2D eigenvalue weighted by atomic mass is 10.2. The van der Waals surface area contributed by atoms with Gasteiger partial charge in [0.15, 0.2) is 0 Å². The molecule has 0 amide bonds. The van der Waals surface area contributed by atoms with Crippen molar-refractivity contribution >= 4 is 23.2 Å². The van der Waals surface area contributed by atoms with E-state index >= 15 is 0 Å². The van der Waals surface area contributed by atoms with Crippen LogP contribution in [0.3, 0.4) is 0 Å². The van der Waals surface area contributed by atoms with Crippen molar-refractivity contribution in [1.29, 1.82) is 0 Å². The number of alkyl halides is 1. The Morgan fingerprint density at radius 1 is 1.50 bits per heavy atom. The minimum Gasteiger partial charge on any atom is -0.115 e. The van der Waals surface area contributed by atoms with E-state index in [1.165, 1.54) is 0 Å². The Labute approximate surface area is 60.5 Å². The van der Waals surface area contributed by atoms with E-state index in [0.717, 1.165) is 5.03 Å². The van der Waals surface area contributed by atoms with Crippen molar-refractivity contribution in [2.24, 2.45) is 0 Å². The largest absolute Gasteiger partial charge is 0.115 e. The molecular formula is C6H10Cl2. The standard InChI is InChI=1S/C6H10Cl2/c1-5(7)4-6(2,3)8/h4H,1-3H3/b5-4+. The third kappa shape index (κ3) is 6.32. The van der Waals surface area contributed by atoms with Crippen molar-refractivity contribution in [3.63, 3.8) is 0 Å². The highest BCUT2D eigenvalue weighted by molar-refractivity contribution is 6.31. The molecule has 0 bridgehead atoms. The van der Waals surface area contributed by atoms with Gasteiger partial charge in [-0.2, -0.15) is 0 Å². The van der Waals surface area contributed by atoms with Gasteiger partial charge in [0.2, 0.25) is 0 Å². The van der Waals surface area contributed by atoms with Gasteiger partial charge in [-0.25, -0.2) is 0 Å². The van der Waals surface area contributed by atoms with Gasteiger partial charge in [-0.3, -0.25) is 0 Å². The van der Waals surface area contributed by atoms with Crippen LogP contribution in [0.1, 0.15) is 20.8 Å². The molecule has 0 aliphatic rings. The van der Waals surface area contributed by atoms with Crippen molar-refractivity contribution in [3.05, 3.63) is 11.1 Å². The Kier molecular flexibility index (Phi) is 2.86. The molecule has 2 heteroatoms. The average molecular weight is 153 g/mol. The quantitative estimate of drug-likeness (QED) is 0.507. The Balaban J connectivity index is 3.89. The van der Waals surface area contributed by atoms with Gasteiger partial charge in [0.1, 0.15) is 0 Å². The van der Waals surface area contributed by atoms with Gasteiger partial charge in [-0.05, 0) is 26.8 Å². The summed E-state index contributed by atoms with van der Waals surface area (Å²) in [6, 6.07) is 0. The van der Waals surface area contributed by atoms with Crippen molar-refractivity contribution in [1.82, 2.24) is 0 Å². The zero-order valence-corrected chi connectivity index (χ0v) is 6.85. The highest BCUT2D eigenvalue weighted by atomic mass is 35.5. The molecule has 0 aromatic carbocycles. The number of hydrogen-bond donors (Lipinski definition) is 0. The second kappa shape index (κ2) is 2.75. The lowest BCUT2D eigenvalue weighted by Gasteiger charge is -2.07. The molecule has 0 N–H and O–H groups in total. The van der Waals surface area contributed by atoms with E-state index in [2.05, 4.69) is 0 Å². The summed E-state index contributed by atoms with van der Waals surface area (Å²) in [5.74, 6) is 0. The van der Waals surface area contributed by atoms with Gasteiger partial charge in [-0.1, -0.05) is 11.6 Å². The summed E-state index contributed by atoms with van der Waals surface area (Å²) in [5, 5.41) is 0.741. The normalized spacial score (nSPS) is 14.4. The number of halogens is 2. The van der Waals surface area contributed by atoms with Crippen LogP contribution in [0.15, 0.2) is 11.1 Å². The molecule has 0 spiro atoms. The topological polar surface area (TPSA) is 0 Å². The summed E-state index contributed by atoms with van der Waals surface area (Å²) in [7, 11) is 0. The predicted octanol–water partition coefficient (Wildman–Crippen LogP) is 3.15. The highest BCUT2D eigenvalue weighted by Gasteiger charge is 2.07. The molecule has 0 aromatic heterocycles. The van der Waals surface area contributed by atoms with Crippen molar-refractivity contribution in [2.45, 2.75) is 25.6 Å². The van der Waals surface area contributed by atoms with E-state index in [-0.39, 0.29) is 4.87 Å². The lowest BCUT2D eigenvalue weighted by molar-refractivity contribution is 0.878. The second-order valence-electron chi connectivity index (χ2n) is 2.30. The van der Waals surface area contributed by atoms with Gasteiger partial charge in [-0.15, -0.1) is 11.6 Å². The molecule has 48 valence electrons. The maximum absolute atomic E-state index is 5.77. The average Bonchev–Trinajstić information content (AvgIpc) is 1.21. The summed E-state index contributed by atoms with van der Waals surface area (Å²) < 4.78 is 0. The van der Waals surface area contributed by atoms with Crippen LogP contribution >= 0.6 is 23.2 Å². The first-order valence-corrected chi connectivity index (χ1v) is 3.21. The minimum absolute atomic E-state index is 0.300. The van der Waals surface area contributed by atoms with Crippen LogP contribution in [0.5, 0.6) is 0 Å². The summed E-state index contributed by atoms with van der Waals surface area (Å²) in [5.41, 5.74) is 0. The predicted molar refractivity (Wildman–Crippen MR) is 39.5 cm³/mol. The zero-order valence-electron chi connectivity index (χ0n) is 5.33. The molecule has 0 aromatic rings. The number of hydrogen-bond acceptors (Lipinski definition) is 0. The van der Waals surface area contributed by atoms with E-state index in [4.69, 9.17) is 23.2 Å². The molecule has 0 nitrogen and oxygen atoms in total. The van der Waals surface area contributed by atoms with Crippen molar-refractivity contribution < 1.29 is 0 Å². The van der Waals surface area contributed by atoms with Crippen LogP contribution in [-0.4, -0.2) is 4.87 Å². The van der Waals surface area contributed by atoms with Gasteiger partial charge in [0.05, 0.1) is 4.87 Å². The van der Waals surface area contributed by atoms with Crippen LogP contribution < -0.4 is 0 Å². The fraction of sp³-hybridized carbons (Fsp3) is 0.667. The van der Waals surface area contributed by atoms with E-state index in [0.29, 0.717) is 0 Å². The summed E-state index contributed by atoms with van der Waals surface area (Å²) in [6.45, 7) is 5.59. The maximum atomic E-state index is 5.77. The molecule has 0 fully saturated rings. The van der Waals surface area contributed by atoms with Gasteiger partial charge in [0.25, 0.3) is 0 Å². The third-order valence-corrected chi connectivity index (χ3v) is 0.760. The Morgan fingerprint density at radius 3 is 1.88 bits per heavy atom. The van der Waals surface area contributed by atoms with Crippen LogP contribution in [0, 0.1) is 0 Å². The summed E-state index contributed by atoms with van der Waals surface area (Å²) in [6.07, 6.45) is 1.80. The molecule has 0 aliphatic carbocycles. The smallest absolute Gasteiger partial charge is 0.0583 e. The fourth-order valence-corrected chi connectivity index (χ4v) is 0.965. The Hall–Kier alpha value is 0.320. The van der Waals surface area contributed by atoms with Gasteiger partial charge >= 0.3 is 0 Å². The Bertz CT molecular complexity index is 93.6. The van der Waals surface area contributed by atoms with Crippen molar-refractivity contribution in [3.8, 4) is 0 Å². The molecular weight excluding hydrogens is 143 g/mol. The van der Waals surface area contributed by atoms with E-state index in [9.17, 15) is 0 Å². The van der Waals surface area contributed by atoms with E-state index in [1.54, 1.807) is 6.08 Å². The first kappa shape index (κ1) is 8.32. The van der Waals surface area contributed by atoms with Gasteiger partial charge < -0.3 is 0 Å². The third-order valence-electron chi connectivity index (χ3n) is 0.542. The van der Waals surface area contributed by atoms with Crippen molar-refractivity contribution in [2.75, 3.05) is 0 Å². The summed E-state index contributed by atoms with van der Waals surface area (Å²) >= 11 is 11.3. The minimum atomic E-state index is -0.300. The SMILES string of the molecule is C/C(Cl)=C\C(C)(C)Cl. The van der Waals surface area contributed by atoms with Crippen LogP contribution in [-0.2, 0) is 0 Å². The molecule has 0 aliphatic heterocycles. The molecule has 0 atom stereocenters. The second-order valence-corrected chi connectivity index (χ2v) is 3.87. The van der Waals surface area contributed by atoms with Crippen LogP contribution in [0.2, 0.25) is 0 Å². The van der Waals surface area contributed by atoms with E-state index < -0.39 is 0 Å². The molecule has 0 unspecified atom stereocenters. The van der Waals surface area contributed by atoms with Crippen LogP contribution in [0.25, 0.3) is 0 Å². The molecule has 0 radical (unpaired) electrons. The fourth-order valence-electron chi connectivity index (χ4n) is 0.473. The first-order valence-electron chi connectivity index (χ1n) is 2.46. The first-order chi connectivity index (χ1) is 3.42. The zero-order chi connectivity index (χ0) is 6.78. The molecule has 0 saturated heterocycles. The molecule has 0 saturated carbocycles. The maximum Gasteiger partial charge on any atom is 0.0583 e. The molecule has 0 rings (SSSR count). The number of allylic oxidation sites excluding steroid dienone is 2. The lowest BCUT2D eigenvalue weighted by Crippen LogP contribution is -2.04. The molecule has 8 heavy (non-hydrogen) atoms. The van der Waals surface area contributed by atoms with E-state index in [1.807, 2.05) is 20.8 Å².